The lowest BCUT2D eigenvalue weighted by Crippen LogP contribution is -2.32. The van der Waals surface area contributed by atoms with Crippen molar-refractivity contribution in [3.63, 3.8) is 0 Å². The molecule has 0 unspecified atom stereocenters. The summed E-state index contributed by atoms with van der Waals surface area (Å²) in [5, 5.41) is 5.52. The number of anilines is 2. The second kappa shape index (κ2) is 8.57. The molecule has 2 aromatic carbocycles. The first-order valence-corrected chi connectivity index (χ1v) is 9.95. The fourth-order valence-electron chi connectivity index (χ4n) is 2.98. The second-order valence-electron chi connectivity index (χ2n) is 6.68. The zero-order valence-electron chi connectivity index (χ0n) is 16.0. The molecule has 8 heteroatoms. The van der Waals surface area contributed by atoms with Crippen LogP contribution in [0.2, 0.25) is 0 Å². The molecule has 0 aromatic heterocycles. The summed E-state index contributed by atoms with van der Waals surface area (Å²) in [4.78, 5) is 49.9. The fraction of sp³-hybridized carbons (Fsp3) is 0.238. The van der Waals surface area contributed by atoms with Crippen molar-refractivity contribution in [1.82, 2.24) is 4.90 Å². The van der Waals surface area contributed by atoms with Crippen molar-refractivity contribution in [3.8, 4) is 0 Å². The van der Waals surface area contributed by atoms with Gasteiger partial charge in [-0.3, -0.25) is 24.1 Å². The predicted octanol–water partition coefficient (Wildman–Crippen LogP) is 3.73. The number of hydrogen-bond donors (Lipinski definition) is 2. The minimum absolute atomic E-state index is 0.0128. The van der Waals surface area contributed by atoms with Gasteiger partial charge in [0.2, 0.25) is 11.8 Å². The van der Waals surface area contributed by atoms with Crippen molar-refractivity contribution in [2.24, 2.45) is 0 Å². The van der Waals surface area contributed by atoms with Crippen molar-refractivity contribution in [2.75, 3.05) is 17.2 Å². The van der Waals surface area contributed by atoms with Gasteiger partial charge in [-0.1, -0.05) is 28.9 Å². The summed E-state index contributed by atoms with van der Waals surface area (Å²) in [6.07, 6.45) is 0.323. The van der Waals surface area contributed by atoms with Crippen LogP contribution in [0.25, 0.3) is 0 Å². The zero-order valence-corrected chi connectivity index (χ0v) is 17.6. The number of carbonyl (C=O) groups excluding carboxylic acids is 4. The third-order valence-electron chi connectivity index (χ3n) is 4.61. The molecule has 29 heavy (non-hydrogen) atoms. The average Bonchev–Trinajstić information content (AvgIpc) is 2.92. The molecular formula is C21H20BrN3O4. The van der Waals surface area contributed by atoms with Crippen LogP contribution in [0.3, 0.4) is 0 Å². The van der Waals surface area contributed by atoms with Gasteiger partial charge in [-0.2, -0.15) is 0 Å². The van der Waals surface area contributed by atoms with Crippen LogP contribution in [0.15, 0.2) is 40.9 Å². The van der Waals surface area contributed by atoms with Gasteiger partial charge in [0.05, 0.1) is 11.1 Å². The molecular weight excluding hydrogens is 438 g/mol. The SMILES string of the molecule is CCC(=O)Nc1ccc(C)c(NC(=O)CCN2C(=O)c3ccc(Br)cc3C2=O)c1. The highest BCUT2D eigenvalue weighted by molar-refractivity contribution is 9.10. The minimum atomic E-state index is -0.403. The summed E-state index contributed by atoms with van der Waals surface area (Å²) < 4.78 is 0.711. The van der Waals surface area contributed by atoms with E-state index < -0.39 is 11.8 Å². The Morgan fingerprint density at radius 1 is 0.966 bits per heavy atom. The Balaban J connectivity index is 1.64. The molecule has 0 bridgehead atoms. The normalized spacial score (nSPS) is 12.7. The molecule has 1 heterocycles. The number of imide groups is 1. The predicted molar refractivity (Wildman–Crippen MR) is 113 cm³/mol. The lowest BCUT2D eigenvalue weighted by atomic mass is 10.1. The number of aryl methyl sites for hydroxylation is 1. The molecule has 3 rings (SSSR count). The largest absolute Gasteiger partial charge is 0.326 e. The van der Waals surface area contributed by atoms with Gasteiger partial charge >= 0.3 is 0 Å². The molecule has 2 N–H and O–H groups in total. The summed E-state index contributed by atoms with van der Waals surface area (Å²) in [6, 6.07) is 10.1. The molecule has 150 valence electrons. The molecule has 1 aliphatic rings. The Hall–Kier alpha value is -3.00. The molecule has 7 nitrogen and oxygen atoms in total. The molecule has 0 saturated heterocycles. The van der Waals surface area contributed by atoms with E-state index in [2.05, 4.69) is 26.6 Å². The van der Waals surface area contributed by atoms with Crippen LogP contribution >= 0.6 is 15.9 Å². The highest BCUT2D eigenvalue weighted by Gasteiger charge is 2.35. The van der Waals surface area contributed by atoms with Crippen molar-refractivity contribution in [3.05, 3.63) is 57.6 Å². The number of carbonyl (C=O) groups is 4. The number of hydrogen-bond acceptors (Lipinski definition) is 4. The number of halogens is 1. The Bertz CT molecular complexity index is 1020. The van der Waals surface area contributed by atoms with Gasteiger partial charge < -0.3 is 10.6 Å². The Labute approximate surface area is 176 Å². The molecule has 0 fully saturated rings. The highest BCUT2D eigenvalue weighted by atomic mass is 79.9. The van der Waals surface area contributed by atoms with Crippen LogP contribution in [0, 0.1) is 6.92 Å². The smallest absolute Gasteiger partial charge is 0.261 e. The molecule has 0 saturated carbocycles. The molecule has 0 spiro atoms. The first-order chi connectivity index (χ1) is 13.8. The van der Waals surface area contributed by atoms with Crippen LogP contribution in [0.5, 0.6) is 0 Å². The molecule has 4 amide bonds. The van der Waals surface area contributed by atoms with E-state index in [0.717, 1.165) is 10.5 Å². The molecule has 2 aromatic rings. The van der Waals surface area contributed by atoms with Crippen molar-refractivity contribution in [1.29, 1.82) is 0 Å². The lowest BCUT2D eigenvalue weighted by Gasteiger charge is -2.15. The Morgan fingerprint density at radius 2 is 1.69 bits per heavy atom. The average molecular weight is 458 g/mol. The third kappa shape index (κ3) is 4.54. The van der Waals surface area contributed by atoms with Crippen LogP contribution in [0.1, 0.15) is 46.0 Å². The highest BCUT2D eigenvalue weighted by Crippen LogP contribution is 2.26. The number of benzene rings is 2. The van der Waals surface area contributed by atoms with Gasteiger partial charge in [0.15, 0.2) is 0 Å². The fourth-order valence-corrected chi connectivity index (χ4v) is 3.34. The van der Waals surface area contributed by atoms with E-state index in [9.17, 15) is 19.2 Å². The van der Waals surface area contributed by atoms with Crippen LogP contribution in [0.4, 0.5) is 11.4 Å². The molecule has 0 atom stereocenters. The Kier molecular flexibility index (Phi) is 6.12. The van der Waals surface area contributed by atoms with E-state index in [0.29, 0.717) is 33.4 Å². The zero-order chi connectivity index (χ0) is 21.1. The standard InChI is InChI=1S/C21H20BrN3O4/c1-3-18(26)23-14-6-4-12(2)17(11-14)24-19(27)8-9-25-20(28)15-7-5-13(22)10-16(15)21(25)29/h4-7,10-11H,3,8-9H2,1-2H3,(H,23,26)(H,24,27). The van der Waals surface area contributed by atoms with E-state index in [1.165, 1.54) is 0 Å². The summed E-state index contributed by atoms with van der Waals surface area (Å²) >= 11 is 3.29. The second-order valence-corrected chi connectivity index (χ2v) is 7.60. The summed E-state index contributed by atoms with van der Waals surface area (Å²) in [7, 11) is 0. The quantitative estimate of drug-likeness (QED) is 0.645. The van der Waals surface area contributed by atoms with Gasteiger partial charge in [0.25, 0.3) is 11.8 Å². The van der Waals surface area contributed by atoms with Gasteiger partial charge in [-0.25, -0.2) is 0 Å². The first kappa shape index (κ1) is 20.7. The van der Waals surface area contributed by atoms with Crippen LogP contribution in [-0.4, -0.2) is 35.1 Å². The van der Waals surface area contributed by atoms with Gasteiger partial charge in [0.1, 0.15) is 0 Å². The van der Waals surface area contributed by atoms with Crippen molar-refractivity contribution < 1.29 is 19.2 Å². The number of fused-ring (bicyclic) bond motifs is 1. The van der Waals surface area contributed by atoms with E-state index in [-0.39, 0.29) is 24.8 Å². The van der Waals surface area contributed by atoms with Gasteiger partial charge in [-0.15, -0.1) is 0 Å². The van der Waals surface area contributed by atoms with Crippen LogP contribution in [-0.2, 0) is 9.59 Å². The van der Waals surface area contributed by atoms with E-state index in [1.807, 2.05) is 6.92 Å². The van der Waals surface area contributed by atoms with E-state index in [1.54, 1.807) is 43.3 Å². The Morgan fingerprint density at radius 3 is 2.41 bits per heavy atom. The van der Waals surface area contributed by atoms with Gasteiger partial charge in [0, 0.05) is 35.2 Å². The lowest BCUT2D eigenvalue weighted by molar-refractivity contribution is -0.116. The maximum atomic E-state index is 12.5. The number of rotatable bonds is 6. The molecule has 1 aliphatic heterocycles. The number of nitrogens with zero attached hydrogens (tertiary/aromatic N) is 1. The first-order valence-electron chi connectivity index (χ1n) is 9.16. The maximum Gasteiger partial charge on any atom is 0.261 e. The van der Waals surface area contributed by atoms with Crippen LogP contribution < -0.4 is 10.6 Å². The monoisotopic (exact) mass is 457 g/mol. The summed E-state index contributed by atoms with van der Waals surface area (Å²) in [6.45, 7) is 3.58. The summed E-state index contributed by atoms with van der Waals surface area (Å²) in [5.74, 6) is -1.25. The van der Waals surface area contributed by atoms with Crippen molar-refractivity contribution >= 4 is 50.9 Å². The van der Waals surface area contributed by atoms with Crippen molar-refractivity contribution in [2.45, 2.75) is 26.7 Å². The van der Waals surface area contributed by atoms with E-state index in [4.69, 9.17) is 0 Å². The minimum Gasteiger partial charge on any atom is -0.326 e. The number of nitrogens with one attached hydrogen (secondary N) is 2. The van der Waals surface area contributed by atoms with Gasteiger partial charge in [-0.05, 0) is 42.8 Å². The maximum absolute atomic E-state index is 12.5. The summed E-state index contributed by atoms with van der Waals surface area (Å²) in [5.41, 5.74) is 2.66. The molecule has 0 aliphatic carbocycles. The third-order valence-corrected chi connectivity index (χ3v) is 5.10. The number of amides is 4. The topological polar surface area (TPSA) is 95.6 Å². The van der Waals surface area contributed by atoms with E-state index >= 15 is 0 Å². The molecule has 0 radical (unpaired) electrons.